The maximum Gasteiger partial charge on any atom is 0.0940 e. The molecule has 0 bridgehead atoms. The van der Waals surface area contributed by atoms with Gasteiger partial charge in [0, 0.05) is 36.6 Å². The third kappa shape index (κ3) is 5.21. The highest BCUT2D eigenvalue weighted by Crippen LogP contribution is 2.18. The standard InChI is InChI=1S/C15H27N3S/c1-12(2)16-10-14-11-17-15(19-14)6-9-18-7-4-13(3)5-8-18/h11-13,16H,4-10H2,1-3H3. The van der Waals surface area contributed by atoms with Crippen molar-refractivity contribution in [3.8, 4) is 0 Å². The first-order valence-electron chi connectivity index (χ1n) is 7.53. The Morgan fingerprint density at radius 3 is 2.84 bits per heavy atom. The predicted molar refractivity (Wildman–Crippen MR) is 82.6 cm³/mol. The minimum Gasteiger partial charge on any atom is -0.310 e. The third-order valence-electron chi connectivity index (χ3n) is 3.80. The highest BCUT2D eigenvalue weighted by Gasteiger charge is 2.15. The smallest absolute Gasteiger partial charge is 0.0940 e. The van der Waals surface area contributed by atoms with Crippen molar-refractivity contribution in [1.29, 1.82) is 0 Å². The number of thiazole rings is 1. The fourth-order valence-corrected chi connectivity index (χ4v) is 3.25. The van der Waals surface area contributed by atoms with Crippen LogP contribution in [0.2, 0.25) is 0 Å². The number of hydrogen-bond donors (Lipinski definition) is 1. The van der Waals surface area contributed by atoms with E-state index in [0.717, 1.165) is 18.9 Å². The van der Waals surface area contributed by atoms with Crippen LogP contribution in [-0.4, -0.2) is 35.6 Å². The van der Waals surface area contributed by atoms with Gasteiger partial charge in [0.2, 0.25) is 0 Å². The molecule has 0 amide bonds. The van der Waals surface area contributed by atoms with Crippen molar-refractivity contribution in [3.63, 3.8) is 0 Å². The van der Waals surface area contributed by atoms with Gasteiger partial charge in [-0.25, -0.2) is 4.98 Å². The van der Waals surface area contributed by atoms with Crippen molar-refractivity contribution in [1.82, 2.24) is 15.2 Å². The van der Waals surface area contributed by atoms with Crippen LogP contribution in [0.25, 0.3) is 0 Å². The number of piperidine rings is 1. The first-order chi connectivity index (χ1) is 9.13. The van der Waals surface area contributed by atoms with E-state index in [1.165, 1.54) is 42.4 Å². The quantitative estimate of drug-likeness (QED) is 0.869. The van der Waals surface area contributed by atoms with E-state index in [-0.39, 0.29) is 0 Å². The summed E-state index contributed by atoms with van der Waals surface area (Å²) in [7, 11) is 0. The first kappa shape index (κ1) is 14.9. The molecular formula is C15H27N3S. The molecule has 2 heterocycles. The maximum absolute atomic E-state index is 4.55. The van der Waals surface area contributed by atoms with Crippen LogP contribution in [-0.2, 0) is 13.0 Å². The van der Waals surface area contributed by atoms with E-state index in [0.29, 0.717) is 6.04 Å². The van der Waals surface area contributed by atoms with Gasteiger partial charge in [-0.2, -0.15) is 0 Å². The molecular weight excluding hydrogens is 254 g/mol. The molecule has 1 fully saturated rings. The van der Waals surface area contributed by atoms with Crippen molar-refractivity contribution >= 4 is 11.3 Å². The van der Waals surface area contributed by atoms with Crippen molar-refractivity contribution < 1.29 is 0 Å². The second-order valence-corrected chi connectivity index (χ2v) is 7.23. The molecule has 1 aromatic heterocycles. The molecule has 0 aromatic carbocycles. The van der Waals surface area contributed by atoms with Gasteiger partial charge in [0.1, 0.15) is 0 Å². The number of nitrogens with one attached hydrogen (secondary N) is 1. The molecule has 0 spiro atoms. The fourth-order valence-electron chi connectivity index (χ4n) is 2.39. The molecule has 1 aliphatic heterocycles. The van der Waals surface area contributed by atoms with Gasteiger partial charge in [-0.1, -0.05) is 20.8 Å². The fraction of sp³-hybridized carbons (Fsp3) is 0.800. The maximum atomic E-state index is 4.55. The molecule has 108 valence electrons. The van der Waals surface area contributed by atoms with E-state index in [1.807, 2.05) is 17.5 Å². The van der Waals surface area contributed by atoms with Crippen LogP contribution >= 0.6 is 11.3 Å². The Hall–Kier alpha value is -0.450. The minimum atomic E-state index is 0.542. The zero-order valence-corrected chi connectivity index (χ0v) is 13.3. The van der Waals surface area contributed by atoms with Crippen LogP contribution in [0.1, 0.15) is 43.5 Å². The molecule has 0 atom stereocenters. The van der Waals surface area contributed by atoms with E-state index in [4.69, 9.17) is 0 Å². The Morgan fingerprint density at radius 2 is 2.16 bits per heavy atom. The summed E-state index contributed by atoms with van der Waals surface area (Å²) in [6, 6.07) is 0.542. The molecule has 1 aliphatic rings. The highest BCUT2D eigenvalue weighted by atomic mass is 32.1. The molecule has 0 aliphatic carbocycles. The van der Waals surface area contributed by atoms with Gasteiger partial charge < -0.3 is 10.2 Å². The highest BCUT2D eigenvalue weighted by molar-refractivity contribution is 7.11. The second kappa shape index (κ2) is 7.36. The molecule has 1 N–H and O–H groups in total. The van der Waals surface area contributed by atoms with Crippen LogP contribution in [0, 0.1) is 5.92 Å². The molecule has 1 aromatic rings. The number of rotatable bonds is 6. The van der Waals surface area contributed by atoms with Crippen molar-refractivity contribution in [3.05, 3.63) is 16.1 Å². The van der Waals surface area contributed by atoms with E-state index in [9.17, 15) is 0 Å². The number of nitrogens with zero attached hydrogens (tertiary/aromatic N) is 2. The number of aromatic nitrogens is 1. The van der Waals surface area contributed by atoms with Crippen molar-refractivity contribution in [2.24, 2.45) is 5.92 Å². The van der Waals surface area contributed by atoms with E-state index < -0.39 is 0 Å². The van der Waals surface area contributed by atoms with Gasteiger partial charge >= 0.3 is 0 Å². The first-order valence-corrected chi connectivity index (χ1v) is 8.34. The van der Waals surface area contributed by atoms with E-state index >= 15 is 0 Å². The Bertz CT molecular complexity index is 367. The van der Waals surface area contributed by atoms with Crippen LogP contribution in [0.15, 0.2) is 6.20 Å². The molecule has 4 heteroatoms. The molecule has 19 heavy (non-hydrogen) atoms. The van der Waals surface area contributed by atoms with Crippen LogP contribution in [0.3, 0.4) is 0 Å². The normalized spacial score (nSPS) is 18.3. The number of hydrogen-bond acceptors (Lipinski definition) is 4. The van der Waals surface area contributed by atoms with Gasteiger partial charge in [-0.05, 0) is 31.8 Å². The zero-order valence-electron chi connectivity index (χ0n) is 12.5. The lowest BCUT2D eigenvalue weighted by atomic mass is 9.99. The summed E-state index contributed by atoms with van der Waals surface area (Å²) in [4.78, 5) is 8.49. The Kier molecular flexibility index (Phi) is 5.79. The largest absolute Gasteiger partial charge is 0.310 e. The predicted octanol–water partition coefficient (Wildman–Crippen LogP) is 2.92. The lowest BCUT2D eigenvalue weighted by Crippen LogP contribution is -2.34. The Morgan fingerprint density at radius 1 is 1.42 bits per heavy atom. The summed E-state index contributed by atoms with van der Waals surface area (Å²) in [5, 5.41) is 4.74. The summed E-state index contributed by atoms with van der Waals surface area (Å²) in [5.74, 6) is 0.921. The lowest BCUT2D eigenvalue weighted by molar-refractivity contribution is 0.194. The van der Waals surface area contributed by atoms with Crippen LogP contribution < -0.4 is 5.32 Å². The molecule has 0 unspecified atom stereocenters. The summed E-state index contributed by atoms with van der Waals surface area (Å²) < 4.78 is 0. The Balaban J connectivity index is 1.71. The second-order valence-electron chi connectivity index (χ2n) is 6.03. The molecule has 0 saturated carbocycles. The summed E-state index contributed by atoms with van der Waals surface area (Å²) in [5.41, 5.74) is 0. The van der Waals surface area contributed by atoms with Crippen molar-refractivity contribution in [2.75, 3.05) is 19.6 Å². The average Bonchev–Trinajstić information content (AvgIpc) is 2.84. The monoisotopic (exact) mass is 281 g/mol. The summed E-state index contributed by atoms with van der Waals surface area (Å²) in [6.07, 6.45) is 5.87. The molecule has 1 saturated heterocycles. The molecule has 0 radical (unpaired) electrons. The van der Waals surface area contributed by atoms with Gasteiger partial charge in [-0.3, -0.25) is 0 Å². The van der Waals surface area contributed by atoms with Gasteiger partial charge in [0.05, 0.1) is 5.01 Å². The van der Waals surface area contributed by atoms with Gasteiger partial charge in [0.25, 0.3) is 0 Å². The molecule has 2 rings (SSSR count). The van der Waals surface area contributed by atoms with Gasteiger partial charge in [-0.15, -0.1) is 11.3 Å². The SMILES string of the molecule is CC1CCN(CCc2ncc(CNC(C)C)s2)CC1. The average molecular weight is 281 g/mol. The Labute approximate surface area is 121 Å². The van der Waals surface area contributed by atoms with Crippen LogP contribution in [0.4, 0.5) is 0 Å². The lowest BCUT2D eigenvalue weighted by Gasteiger charge is -2.29. The summed E-state index contributed by atoms with van der Waals surface area (Å²) in [6.45, 7) is 11.4. The summed E-state index contributed by atoms with van der Waals surface area (Å²) >= 11 is 1.86. The minimum absolute atomic E-state index is 0.542. The van der Waals surface area contributed by atoms with E-state index in [1.54, 1.807) is 0 Å². The van der Waals surface area contributed by atoms with E-state index in [2.05, 4.69) is 36.0 Å². The third-order valence-corrected chi connectivity index (χ3v) is 4.86. The molecule has 3 nitrogen and oxygen atoms in total. The zero-order chi connectivity index (χ0) is 13.7. The van der Waals surface area contributed by atoms with Gasteiger partial charge in [0.15, 0.2) is 0 Å². The number of likely N-dealkylation sites (tertiary alicyclic amines) is 1. The van der Waals surface area contributed by atoms with Crippen molar-refractivity contribution in [2.45, 2.75) is 52.6 Å². The topological polar surface area (TPSA) is 28.2 Å². The van der Waals surface area contributed by atoms with Crippen LogP contribution in [0.5, 0.6) is 0 Å².